The normalized spacial score (nSPS) is 13.6. The van der Waals surface area contributed by atoms with Gasteiger partial charge in [0.25, 0.3) is 0 Å². The second-order valence-electron chi connectivity index (χ2n) is 8.32. The van der Waals surface area contributed by atoms with Gasteiger partial charge in [-0.3, -0.25) is 0 Å². The summed E-state index contributed by atoms with van der Waals surface area (Å²) in [5, 5.41) is 12.4. The standard InChI is InChI=1S/C26H25NO4S2/c1-26(2,33-32-17-10-4-3-5-11-17)23(24(28)29)27-25(30)31-16-22-20-14-8-6-12-18(20)19-13-7-9-15-21(19)22/h3-15,22-23H,16H2,1-2H3,(H,27,30)(H,28,29)/t23-/m1/s1. The molecular formula is C26H25NO4S2. The SMILES string of the molecule is CC(C)(SSc1ccccc1)[C@H](NC(=O)OCC1c2ccccc2-c2ccccc21)C(=O)O. The van der Waals surface area contributed by atoms with Crippen molar-refractivity contribution in [2.24, 2.45) is 0 Å². The van der Waals surface area contributed by atoms with Crippen molar-refractivity contribution in [3.05, 3.63) is 90.0 Å². The molecule has 0 saturated heterocycles. The summed E-state index contributed by atoms with van der Waals surface area (Å²) in [7, 11) is 2.88. The number of carboxylic acid groups (broad SMARTS) is 1. The minimum absolute atomic E-state index is 0.0811. The molecule has 3 aromatic carbocycles. The number of benzene rings is 3. The van der Waals surface area contributed by atoms with E-state index in [0.717, 1.165) is 27.1 Å². The molecule has 0 heterocycles. The molecule has 1 atom stereocenters. The van der Waals surface area contributed by atoms with Crippen molar-refractivity contribution in [2.75, 3.05) is 6.61 Å². The van der Waals surface area contributed by atoms with Crippen LogP contribution in [0, 0.1) is 0 Å². The number of ether oxygens (including phenoxy) is 1. The van der Waals surface area contributed by atoms with Crippen LogP contribution in [0.2, 0.25) is 0 Å². The molecule has 4 rings (SSSR count). The summed E-state index contributed by atoms with van der Waals surface area (Å²) in [6.45, 7) is 3.74. The van der Waals surface area contributed by atoms with Crippen LogP contribution < -0.4 is 5.32 Å². The van der Waals surface area contributed by atoms with Gasteiger partial charge in [-0.05, 0) is 48.2 Å². The van der Waals surface area contributed by atoms with Crippen molar-refractivity contribution in [1.29, 1.82) is 0 Å². The summed E-state index contributed by atoms with van der Waals surface area (Å²) < 4.78 is 4.77. The second kappa shape index (κ2) is 9.93. The first-order chi connectivity index (χ1) is 15.9. The summed E-state index contributed by atoms with van der Waals surface area (Å²) in [5.41, 5.74) is 4.50. The van der Waals surface area contributed by atoms with Crippen molar-refractivity contribution >= 4 is 33.7 Å². The van der Waals surface area contributed by atoms with Gasteiger partial charge >= 0.3 is 12.1 Å². The van der Waals surface area contributed by atoms with Gasteiger partial charge in [0.2, 0.25) is 0 Å². The molecule has 0 saturated carbocycles. The molecule has 0 fully saturated rings. The lowest BCUT2D eigenvalue weighted by Gasteiger charge is -2.30. The number of carboxylic acids is 1. The van der Waals surface area contributed by atoms with Crippen LogP contribution in [0.25, 0.3) is 11.1 Å². The number of alkyl carbamates (subject to hydrolysis) is 1. The van der Waals surface area contributed by atoms with Gasteiger partial charge < -0.3 is 15.2 Å². The first kappa shape index (κ1) is 23.3. The summed E-state index contributed by atoms with van der Waals surface area (Å²) >= 11 is 0. The number of carbonyl (C=O) groups is 2. The van der Waals surface area contributed by atoms with E-state index >= 15 is 0 Å². The fourth-order valence-electron chi connectivity index (χ4n) is 3.97. The molecule has 7 heteroatoms. The number of hydrogen-bond acceptors (Lipinski definition) is 5. The first-order valence-electron chi connectivity index (χ1n) is 10.6. The third-order valence-electron chi connectivity index (χ3n) is 5.64. The van der Waals surface area contributed by atoms with E-state index in [1.165, 1.54) is 21.6 Å². The van der Waals surface area contributed by atoms with Crippen LogP contribution >= 0.6 is 21.6 Å². The van der Waals surface area contributed by atoms with E-state index in [9.17, 15) is 14.7 Å². The van der Waals surface area contributed by atoms with Crippen molar-refractivity contribution < 1.29 is 19.4 Å². The highest BCUT2D eigenvalue weighted by Crippen LogP contribution is 2.45. The maximum absolute atomic E-state index is 12.6. The summed E-state index contributed by atoms with van der Waals surface area (Å²) in [6, 6.07) is 24.8. The Bertz CT molecular complexity index is 1100. The Kier molecular flexibility index (Phi) is 7.00. The van der Waals surface area contributed by atoms with Gasteiger partial charge in [0.05, 0.1) is 4.75 Å². The highest BCUT2D eigenvalue weighted by atomic mass is 33.1. The van der Waals surface area contributed by atoms with Gasteiger partial charge in [-0.25, -0.2) is 9.59 Å². The van der Waals surface area contributed by atoms with Crippen molar-refractivity contribution in [3.63, 3.8) is 0 Å². The highest BCUT2D eigenvalue weighted by Gasteiger charge is 2.38. The van der Waals surface area contributed by atoms with Gasteiger partial charge in [-0.15, -0.1) is 0 Å². The van der Waals surface area contributed by atoms with Crippen LogP contribution in [-0.4, -0.2) is 34.6 Å². The summed E-state index contributed by atoms with van der Waals surface area (Å²) in [4.78, 5) is 25.6. The van der Waals surface area contributed by atoms with E-state index in [1.54, 1.807) is 13.8 Å². The van der Waals surface area contributed by atoms with Gasteiger partial charge in [0.1, 0.15) is 12.6 Å². The molecule has 1 aliphatic carbocycles. The number of rotatable bonds is 8. The molecule has 0 radical (unpaired) electrons. The molecule has 1 aliphatic rings. The quantitative estimate of drug-likeness (QED) is 0.375. The topological polar surface area (TPSA) is 75.6 Å². The van der Waals surface area contributed by atoms with Crippen LogP contribution in [0.15, 0.2) is 83.8 Å². The Morgan fingerprint density at radius 1 is 0.939 bits per heavy atom. The highest BCUT2D eigenvalue weighted by molar-refractivity contribution is 8.77. The molecule has 0 aliphatic heterocycles. The van der Waals surface area contributed by atoms with Crippen LogP contribution in [0.5, 0.6) is 0 Å². The van der Waals surface area contributed by atoms with Crippen LogP contribution in [0.1, 0.15) is 30.9 Å². The predicted molar refractivity (Wildman–Crippen MR) is 134 cm³/mol. The Labute approximate surface area is 201 Å². The molecule has 0 unspecified atom stereocenters. The third-order valence-corrected chi connectivity index (χ3v) is 8.97. The molecule has 33 heavy (non-hydrogen) atoms. The number of nitrogens with one attached hydrogen (secondary N) is 1. The summed E-state index contributed by atoms with van der Waals surface area (Å²) in [6.07, 6.45) is -0.734. The van der Waals surface area contributed by atoms with Crippen molar-refractivity contribution in [3.8, 4) is 11.1 Å². The second-order valence-corrected chi connectivity index (χ2v) is 11.2. The van der Waals surface area contributed by atoms with E-state index < -0.39 is 22.9 Å². The Morgan fingerprint density at radius 3 is 2.06 bits per heavy atom. The Balaban J connectivity index is 1.41. The Hall–Kier alpha value is -2.90. The van der Waals surface area contributed by atoms with Crippen molar-refractivity contribution in [1.82, 2.24) is 5.32 Å². The third kappa shape index (κ3) is 5.20. The van der Waals surface area contributed by atoms with Gasteiger partial charge in [-0.1, -0.05) is 88.3 Å². The van der Waals surface area contributed by atoms with E-state index in [1.807, 2.05) is 66.7 Å². The average Bonchev–Trinajstić information content (AvgIpc) is 3.14. The van der Waals surface area contributed by atoms with Crippen LogP contribution in [0.3, 0.4) is 0 Å². The molecule has 0 aromatic heterocycles. The zero-order valence-electron chi connectivity index (χ0n) is 18.4. The number of hydrogen-bond donors (Lipinski definition) is 2. The molecule has 2 N–H and O–H groups in total. The minimum Gasteiger partial charge on any atom is -0.480 e. The lowest BCUT2D eigenvalue weighted by molar-refractivity contribution is -0.140. The maximum atomic E-state index is 12.6. The van der Waals surface area contributed by atoms with Gasteiger partial charge in [0.15, 0.2) is 0 Å². The van der Waals surface area contributed by atoms with E-state index in [-0.39, 0.29) is 12.5 Å². The molecular weight excluding hydrogens is 454 g/mol. The monoisotopic (exact) mass is 479 g/mol. The number of fused-ring (bicyclic) bond motifs is 3. The van der Waals surface area contributed by atoms with E-state index in [0.29, 0.717) is 0 Å². The lowest BCUT2D eigenvalue weighted by atomic mass is 9.98. The maximum Gasteiger partial charge on any atom is 0.407 e. The van der Waals surface area contributed by atoms with E-state index in [2.05, 4.69) is 17.4 Å². The number of carbonyl (C=O) groups excluding carboxylic acids is 1. The van der Waals surface area contributed by atoms with E-state index in [4.69, 9.17) is 4.74 Å². The molecule has 0 bridgehead atoms. The molecule has 3 aromatic rings. The average molecular weight is 480 g/mol. The van der Waals surface area contributed by atoms with Crippen LogP contribution in [-0.2, 0) is 9.53 Å². The zero-order valence-corrected chi connectivity index (χ0v) is 20.0. The zero-order chi connectivity index (χ0) is 23.4. The fourth-order valence-corrected chi connectivity index (χ4v) is 6.36. The number of amides is 1. The van der Waals surface area contributed by atoms with Crippen molar-refractivity contribution in [2.45, 2.75) is 35.4 Å². The number of aliphatic carboxylic acids is 1. The first-order valence-corrected chi connectivity index (χ1v) is 12.8. The van der Waals surface area contributed by atoms with Gasteiger partial charge in [-0.2, -0.15) is 0 Å². The Morgan fingerprint density at radius 2 is 1.48 bits per heavy atom. The molecule has 0 spiro atoms. The molecule has 170 valence electrons. The lowest BCUT2D eigenvalue weighted by Crippen LogP contribution is -2.52. The smallest absolute Gasteiger partial charge is 0.407 e. The molecule has 5 nitrogen and oxygen atoms in total. The predicted octanol–water partition coefficient (Wildman–Crippen LogP) is 6.20. The van der Waals surface area contributed by atoms with Crippen LogP contribution in [0.4, 0.5) is 4.79 Å². The summed E-state index contributed by atoms with van der Waals surface area (Å²) in [5.74, 6) is -1.18. The largest absolute Gasteiger partial charge is 0.480 e. The van der Waals surface area contributed by atoms with Gasteiger partial charge in [0, 0.05) is 10.8 Å². The molecule has 1 amide bonds. The fraction of sp³-hybridized carbons (Fsp3) is 0.231. The minimum atomic E-state index is -1.12.